The van der Waals surface area contributed by atoms with Gasteiger partial charge >= 0.3 is 5.97 Å². The van der Waals surface area contributed by atoms with Gasteiger partial charge in [-0.15, -0.1) is 11.3 Å². The zero-order valence-electron chi connectivity index (χ0n) is 16.1. The summed E-state index contributed by atoms with van der Waals surface area (Å²) in [4.78, 5) is 13.2. The fraction of sp³-hybridized carbons (Fsp3) is 0.381. The molecular weight excluding hydrogens is 394 g/mol. The molecule has 28 heavy (non-hydrogen) atoms. The van der Waals surface area contributed by atoms with Crippen LogP contribution in [0.15, 0.2) is 41.3 Å². The number of nitrogens with zero attached hydrogens (tertiary/aromatic N) is 1. The third-order valence-corrected chi connectivity index (χ3v) is 8.12. The van der Waals surface area contributed by atoms with Gasteiger partial charge in [0.25, 0.3) is 0 Å². The SMILES string of the molecule is CCCC/C=C/c1ccc(-c2cc3c(s2)CN(C(CC)C(=O)O)S3(=O)=O)cc1. The van der Waals surface area contributed by atoms with E-state index in [2.05, 4.69) is 19.1 Å². The van der Waals surface area contributed by atoms with Crippen LogP contribution in [0.3, 0.4) is 0 Å². The van der Waals surface area contributed by atoms with Crippen LogP contribution in [0, 0.1) is 0 Å². The molecule has 0 aliphatic carbocycles. The van der Waals surface area contributed by atoms with Gasteiger partial charge in [-0.25, -0.2) is 8.42 Å². The molecule has 1 unspecified atom stereocenters. The summed E-state index contributed by atoms with van der Waals surface area (Å²) >= 11 is 1.42. The Balaban J connectivity index is 1.80. The summed E-state index contributed by atoms with van der Waals surface area (Å²) in [6.07, 6.45) is 7.95. The van der Waals surface area contributed by atoms with E-state index in [1.165, 1.54) is 24.2 Å². The van der Waals surface area contributed by atoms with Gasteiger partial charge in [-0.1, -0.05) is 63.1 Å². The van der Waals surface area contributed by atoms with Crippen molar-refractivity contribution < 1.29 is 18.3 Å². The summed E-state index contributed by atoms with van der Waals surface area (Å²) < 4.78 is 26.7. The van der Waals surface area contributed by atoms with Crippen molar-refractivity contribution in [1.82, 2.24) is 4.31 Å². The monoisotopic (exact) mass is 419 g/mol. The highest BCUT2D eigenvalue weighted by molar-refractivity contribution is 7.89. The van der Waals surface area contributed by atoms with E-state index in [1.807, 2.05) is 24.3 Å². The largest absolute Gasteiger partial charge is 0.480 e. The predicted octanol–water partition coefficient (Wildman–Crippen LogP) is 4.99. The first-order valence-corrected chi connectivity index (χ1v) is 11.8. The van der Waals surface area contributed by atoms with Gasteiger partial charge in [-0.3, -0.25) is 4.79 Å². The molecule has 1 aliphatic heterocycles. The van der Waals surface area contributed by atoms with Gasteiger partial charge < -0.3 is 5.11 Å². The lowest BCUT2D eigenvalue weighted by atomic mass is 10.1. The lowest BCUT2D eigenvalue weighted by molar-refractivity contribution is -0.141. The van der Waals surface area contributed by atoms with Crippen LogP contribution in [0.5, 0.6) is 0 Å². The lowest BCUT2D eigenvalue weighted by Gasteiger charge is -2.21. The molecule has 0 radical (unpaired) electrons. The number of hydrogen-bond acceptors (Lipinski definition) is 4. The molecule has 1 aromatic carbocycles. The third kappa shape index (κ3) is 4.06. The van der Waals surface area contributed by atoms with E-state index in [0.717, 1.165) is 26.7 Å². The molecule has 1 N–H and O–H groups in total. The molecule has 7 heteroatoms. The van der Waals surface area contributed by atoms with Crippen LogP contribution in [0.25, 0.3) is 16.5 Å². The van der Waals surface area contributed by atoms with Crippen molar-refractivity contribution in [3.63, 3.8) is 0 Å². The maximum Gasteiger partial charge on any atom is 0.322 e. The van der Waals surface area contributed by atoms with Crippen LogP contribution < -0.4 is 0 Å². The van der Waals surface area contributed by atoms with Gasteiger partial charge in [0.15, 0.2) is 0 Å². The minimum Gasteiger partial charge on any atom is -0.480 e. The predicted molar refractivity (Wildman–Crippen MR) is 113 cm³/mol. The van der Waals surface area contributed by atoms with E-state index in [0.29, 0.717) is 4.88 Å². The van der Waals surface area contributed by atoms with Crippen molar-refractivity contribution in [3.8, 4) is 10.4 Å². The van der Waals surface area contributed by atoms with Crippen molar-refractivity contribution in [2.45, 2.75) is 57.0 Å². The van der Waals surface area contributed by atoms with Crippen molar-refractivity contribution in [2.24, 2.45) is 0 Å². The summed E-state index contributed by atoms with van der Waals surface area (Å²) in [6, 6.07) is 8.71. The van der Waals surface area contributed by atoms with Gasteiger partial charge in [-0.05, 0) is 30.0 Å². The molecule has 5 nitrogen and oxygen atoms in total. The van der Waals surface area contributed by atoms with E-state index >= 15 is 0 Å². The normalized spacial score (nSPS) is 17.1. The van der Waals surface area contributed by atoms with E-state index in [1.54, 1.807) is 13.0 Å². The van der Waals surface area contributed by atoms with Gasteiger partial charge in [-0.2, -0.15) is 4.31 Å². The lowest BCUT2D eigenvalue weighted by Crippen LogP contribution is -2.40. The number of rotatable bonds is 8. The van der Waals surface area contributed by atoms with Gasteiger partial charge in [0, 0.05) is 9.75 Å². The Morgan fingerprint density at radius 1 is 1.29 bits per heavy atom. The molecule has 3 rings (SSSR count). The zero-order chi connectivity index (χ0) is 20.3. The standard InChI is InChI=1S/C21H25NO4S2/c1-3-5-6-7-8-15-9-11-16(12-10-15)18-13-20-19(27-18)14-22(28(20,25)26)17(4-2)21(23)24/h7-13,17H,3-6,14H2,1-2H3,(H,23,24)/b8-7+. The molecule has 150 valence electrons. The maximum atomic E-state index is 12.8. The number of carboxylic acids is 1. The molecule has 0 saturated heterocycles. The smallest absolute Gasteiger partial charge is 0.322 e. The number of aliphatic carboxylic acids is 1. The zero-order valence-corrected chi connectivity index (χ0v) is 17.7. The quantitative estimate of drug-likeness (QED) is 0.612. The molecule has 0 saturated carbocycles. The molecule has 0 fully saturated rings. The third-order valence-electron chi connectivity index (χ3n) is 4.91. The van der Waals surface area contributed by atoms with Crippen LogP contribution >= 0.6 is 11.3 Å². The summed E-state index contributed by atoms with van der Waals surface area (Å²) in [7, 11) is -3.76. The molecule has 0 spiro atoms. The second kappa shape index (κ2) is 8.59. The van der Waals surface area contributed by atoms with E-state index in [-0.39, 0.29) is 17.9 Å². The van der Waals surface area contributed by atoms with Crippen LogP contribution in [-0.2, 0) is 21.4 Å². The molecule has 0 bridgehead atoms. The van der Waals surface area contributed by atoms with E-state index in [9.17, 15) is 18.3 Å². The minimum atomic E-state index is -3.76. The second-order valence-electron chi connectivity index (χ2n) is 6.88. The van der Waals surface area contributed by atoms with Crippen molar-refractivity contribution in [3.05, 3.63) is 46.8 Å². The van der Waals surface area contributed by atoms with Gasteiger partial charge in [0.1, 0.15) is 6.04 Å². The average Bonchev–Trinajstić information content (AvgIpc) is 3.19. The summed E-state index contributed by atoms with van der Waals surface area (Å²) in [6.45, 7) is 3.99. The number of allylic oxidation sites excluding steroid dienone is 1. The number of sulfonamides is 1. The first kappa shape index (κ1) is 20.8. The fourth-order valence-electron chi connectivity index (χ4n) is 3.31. The Bertz CT molecular complexity index is 974. The number of hydrogen-bond donors (Lipinski definition) is 1. The molecular formula is C21H25NO4S2. The molecule has 1 aliphatic rings. The molecule has 2 heterocycles. The number of carbonyl (C=O) groups is 1. The second-order valence-corrected chi connectivity index (χ2v) is 9.87. The van der Waals surface area contributed by atoms with Crippen molar-refractivity contribution in [2.75, 3.05) is 0 Å². The van der Waals surface area contributed by atoms with Crippen LogP contribution in [0.4, 0.5) is 0 Å². The Morgan fingerprint density at radius 3 is 2.57 bits per heavy atom. The Hall–Kier alpha value is -1.96. The number of benzene rings is 1. The van der Waals surface area contributed by atoms with E-state index in [4.69, 9.17) is 0 Å². The highest BCUT2D eigenvalue weighted by Crippen LogP contribution is 2.42. The van der Waals surface area contributed by atoms with Crippen LogP contribution in [-0.4, -0.2) is 29.8 Å². The molecule has 0 amide bonds. The number of thiophene rings is 1. The minimum absolute atomic E-state index is 0.130. The Labute approximate surface area is 170 Å². The highest BCUT2D eigenvalue weighted by atomic mass is 32.2. The summed E-state index contributed by atoms with van der Waals surface area (Å²) in [5, 5.41) is 9.32. The molecule has 1 aromatic heterocycles. The highest BCUT2D eigenvalue weighted by Gasteiger charge is 2.42. The van der Waals surface area contributed by atoms with Gasteiger partial charge in [0.05, 0.1) is 11.4 Å². The first-order chi connectivity index (χ1) is 13.4. The van der Waals surface area contributed by atoms with E-state index < -0.39 is 22.0 Å². The maximum absolute atomic E-state index is 12.8. The molecule has 2 aromatic rings. The topological polar surface area (TPSA) is 74.7 Å². The van der Waals surface area contributed by atoms with Crippen LogP contribution in [0.2, 0.25) is 0 Å². The fourth-order valence-corrected chi connectivity index (χ4v) is 6.72. The van der Waals surface area contributed by atoms with Crippen LogP contribution in [0.1, 0.15) is 50.0 Å². The number of carboxylic acid groups (broad SMARTS) is 1. The Kier molecular flexibility index (Phi) is 6.37. The summed E-state index contributed by atoms with van der Waals surface area (Å²) in [5.41, 5.74) is 2.09. The molecule has 1 atom stereocenters. The number of fused-ring (bicyclic) bond motifs is 1. The Morgan fingerprint density at radius 2 is 2.00 bits per heavy atom. The van der Waals surface area contributed by atoms with Crippen molar-refractivity contribution >= 4 is 33.4 Å². The van der Waals surface area contributed by atoms with Crippen molar-refractivity contribution in [1.29, 1.82) is 0 Å². The summed E-state index contributed by atoms with van der Waals surface area (Å²) in [5.74, 6) is -1.11. The van der Waals surface area contributed by atoms with Gasteiger partial charge in [0.2, 0.25) is 10.0 Å². The number of unbranched alkanes of at least 4 members (excludes halogenated alkanes) is 2. The average molecular weight is 420 g/mol. The first-order valence-electron chi connectivity index (χ1n) is 9.52.